The molecule has 0 spiro atoms. The van der Waals surface area contributed by atoms with Gasteiger partial charge in [0.25, 0.3) is 11.5 Å². The molecular formula is C21H17N5O3. The summed E-state index contributed by atoms with van der Waals surface area (Å²) in [5.41, 5.74) is 1.79. The van der Waals surface area contributed by atoms with Gasteiger partial charge in [0.1, 0.15) is 5.56 Å². The van der Waals surface area contributed by atoms with Gasteiger partial charge in [0, 0.05) is 36.3 Å². The monoisotopic (exact) mass is 387 g/mol. The Bertz CT molecular complexity index is 1190. The van der Waals surface area contributed by atoms with Crippen molar-refractivity contribution >= 4 is 5.91 Å². The van der Waals surface area contributed by atoms with Gasteiger partial charge >= 0.3 is 0 Å². The summed E-state index contributed by atoms with van der Waals surface area (Å²) in [5, 5.41) is 7.99. The molecule has 0 fully saturated rings. The van der Waals surface area contributed by atoms with Crippen LogP contribution in [0.1, 0.15) is 16.2 Å². The summed E-state index contributed by atoms with van der Waals surface area (Å²) in [6.45, 7) is 0.0875. The number of aromatic nitrogens is 4. The highest BCUT2D eigenvalue weighted by molar-refractivity contribution is 5.93. The maximum atomic E-state index is 12.7. The molecule has 0 saturated carbocycles. The van der Waals surface area contributed by atoms with Gasteiger partial charge in [0.2, 0.25) is 11.8 Å². The Morgan fingerprint density at radius 1 is 1.00 bits per heavy atom. The van der Waals surface area contributed by atoms with Crippen molar-refractivity contribution in [3.05, 3.63) is 88.8 Å². The van der Waals surface area contributed by atoms with E-state index in [1.54, 1.807) is 37.6 Å². The van der Waals surface area contributed by atoms with Crippen LogP contribution in [0.25, 0.3) is 22.7 Å². The fourth-order valence-corrected chi connectivity index (χ4v) is 2.84. The molecule has 0 aliphatic rings. The average molecular weight is 387 g/mol. The lowest BCUT2D eigenvalue weighted by molar-refractivity contribution is 0.0771. The molecule has 3 heterocycles. The fourth-order valence-electron chi connectivity index (χ4n) is 2.84. The van der Waals surface area contributed by atoms with Gasteiger partial charge in [-0.1, -0.05) is 18.2 Å². The number of amides is 1. The molecule has 29 heavy (non-hydrogen) atoms. The predicted molar refractivity (Wildman–Crippen MR) is 106 cm³/mol. The van der Waals surface area contributed by atoms with Gasteiger partial charge in [0.05, 0.1) is 6.54 Å². The van der Waals surface area contributed by atoms with Crippen molar-refractivity contribution < 1.29 is 9.21 Å². The summed E-state index contributed by atoms with van der Waals surface area (Å²) in [7, 11) is 1.57. The maximum absolute atomic E-state index is 12.7. The molecule has 4 rings (SSSR count). The van der Waals surface area contributed by atoms with Crippen LogP contribution in [0.4, 0.5) is 0 Å². The van der Waals surface area contributed by atoms with Crippen LogP contribution in [0.15, 0.2) is 76.2 Å². The first-order chi connectivity index (χ1) is 14.1. The number of carbonyl (C=O) groups is 1. The lowest BCUT2D eigenvalue weighted by atomic mass is 10.1. The number of hydrogen-bond acceptors (Lipinski definition) is 6. The molecule has 0 bridgehead atoms. The van der Waals surface area contributed by atoms with Gasteiger partial charge in [0.15, 0.2) is 0 Å². The minimum atomic E-state index is -0.466. The van der Waals surface area contributed by atoms with E-state index < -0.39 is 11.5 Å². The van der Waals surface area contributed by atoms with E-state index in [0.29, 0.717) is 11.6 Å². The standard InChI is InChI=1S/C21H17N5O3/c1-26(13-18-24-25-20(29-18)15-5-3-2-4-6-15)21(28)16-7-8-17(23-19(16)27)14-9-11-22-12-10-14/h2-12H,13H2,1H3,(H,23,27). The Kier molecular flexibility index (Phi) is 4.98. The zero-order chi connectivity index (χ0) is 20.2. The van der Waals surface area contributed by atoms with Crippen molar-refractivity contribution in [1.82, 2.24) is 25.1 Å². The molecule has 0 radical (unpaired) electrons. The van der Waals surface area contributed by atoms with Crippen LogP contribution in [-0.2, 0) is 6.54 Å². The molecule has 4 aromatic rings. The minimum absolute atomic E-state index is 0.0353. The molecule has 3 aromatic heterocycles. The minimum Gasteiger partial charge on any atom is -0.419 e. The number of aromatic amines is 1. The number of nitrogens with zero attached hydrogens (tertiary/aromatic N) is 4. The number of rotatable bonds is 5. The van der Waals surface area contributed by atoms with E-state index in [1.807, 2.05) is 30.3 Å². The lowest BCUT2D eigenvalue weighted by Gasteiger charge is -2.14. The Morgan fingerprint density at radius 2 is 1.76 bits per heavy atom. The van der Waals surface area contributed by atoms with Gasteiger partial charge in [-0.2, -0.15) is 0 Å². The first-order valence-corrected chi connectivity index (χ1v) is 8.89. The van der Waals surface area contributed by atoms with Crippen molar-refractivity contribution in [2.75, 3.05) is 7.05 Å². The largest absolute Gasteiger partial charge is 0.419 e. The predicted octanol–water partition coefficient (Wildman–Crippen LogP) is 2.76. The van der Waals surface area contributed by atoms with E-state index in [4.69, 9.17) is 4.42 Å². The molecule has 8 nitrogen and oxygen atoms in total. The zero-order valence-corrected chi connectivity index (χ0v) is 15.6. The third-order valence-electron chi connectivity index (χ3n) is 4.34. The first kappa shape index (κ1) is 18.3. The molecule has 1 amide bonds. The van der Waals surface area contributed by atoms with E-state index in [-0.39, 0.29) is 18.0 Å². The molecule has 0 saturated heterocycles. The van der Waals surface area contributed by atoms with Crippen LogP contribution in [0.3, 0.4) is 0 Å². The van der Waals surface area contributed by atoms with Crippen LogP contribution in [-0.4, -0.2) is 38.0 Å². The molecular weight excluding hydrogens is 370 g/mol. The van der Waals surface area contributed by atoms with Gasteiger partial charge in [-0.3, -0.25) is 14.6 Å². The first-order valence-electron chi connectivity index (χ1n) is 8.89. The second-order valence-corrected chi connectivity index (χ2v) is 6.38. The zero-order valence-electron chi connectivity index (χ0n) is 15.6. The highest BCUT2D eigenvalue weighted by atomic mass is 16.4. The Labute approximate surface area is 165 Å². The second-order valence-electron chi connectivity index (χ2n) is 6.38. The third kappa shape index (κ3) is 3.96. The summed E-state index contributed by atoms with van der Waals surface area (Å²) in [4.78, 5) is 33.2. The summed E-state index contributed by atoms with van der Waals surface area (Å²) in [6, 6.07) is 16.1. The molecule has 0 atom stereocenters. The number of H-pyrrole nitrogens is 1. The quantitative estimate of drug-likeness (QED) is 0.565. The van der Waals surface area contributed by atoms with Crippen LogP contribution in [0, 0.1) is 0 Å². The number of pyridine rings is 2. The number of hydrogen-bond donors (Lipinski definition) is 1. The van der Waals surface area contributed by atoms with Gasteiger partial charge in [-0.05, 0) is 36.4 Å². The van der Waals surface area contributed by atoms with Gasteiger partial charge in [-0.15, -0.1) is 10.2 Å². The van der Waals surface area contributed by atoms with Crippen molar-refractivity contribution in [2.45, 2.75) is 6.54 Å². The third-order valence-corrected chi connectivity index (χ3v) is 4.34. The van der Waals surface area contributed by atoms with Crippen LogP contribution in [0.2, 0.25) is 0 Å². The molecule has 0 aliphatic heterocycles. The molecule has 1 N–H and O–H groups in total. The van der Waals surface area contributed by atoms with Gasteiger partial charge in [-0.25, -0.2) is 0 Å². The van der Waals surface area contributed by atoms with Crippen LogP contribution >= 0.6 is 0 Å². The van der Waals surface area contributed by atoms with E-state index in [1.165, 1.54) is 11.0 Å². The summed E-state index contributed by atoms with van der Waals surface area (Å²) in [5.74, 6) is 0.220. The van der Waals surface area contributed by atoms with E-state index in [0.717, 1.165) is 11.1 Å². The number of benzene rings is 1. The molecule has 144 valence electrons. The Morgan fingerprint density at radius 3 is 2.48 bits per heavy atom. The Hall–Kier alpha value is -4.07. The molecule has 8 heteroatoms. The molecule has 0 aliphatic carbocycles. The summed E-state index contributed by atoms with van der Waals surface area (Å²) < 4.78 is 5.63. The molecule has 0 unspecified atom stereocenters. The lowest BCUT2D eigenvalue weighted by Crippen LogP contribution is -2.31. The number of nitrogens with one attached hydrogen (secondary N) is 1. The van der Waals surface area contributed by atoms with Gasteiger partial charge < -0.3 is 14.3 Å². The van der Waals surface area contributed by atoms with Crippen LogP contribution < -0.4 is 5.56 Å². The van der Waals surface area contributed by atoms with Crippen molar-refractivity contribution in [3.63, 3.8) is 0 Å². The average Bonchev–Trinajstić information content (AvgIpc) is 3.23. The highest BCUT2D eigenvalue weighted by Crippen LogP contribution is 2.18. The molecule has 1 aromatic carbocycles. The SMILES string of the molecule is CN(Cc1nnc(-c2ccccc2)o1)C(=O)c1ccc(-c2ccncc2)[nH]c1=O. The van der Waals surface area contributed by atoms with E-state index >= 15 is 0 Å². The maximum Gasteiger partial charge on any atom is 0.261 e. The number of carbonyl (C=O) groups excluding carboxylic acids is 1. The van der Waals surface area contributed by atoms with E-state index in [2.05, 4.69) is 20.2 Å². The second kappa shape index (κ2) is 7.89. The summed E-state index contributed by atoms with van der Waals surface area (Å²) >= 11 is 0. The van der Waals surface area contributed by atoms with Crippen molar-refractivity contribution in [2.24, 2.45) is 0 Å². The normalized spacial score (nSPS) is 10.7. The van der Waals surface area contributed by atoms with Crippen molar-refractivity contribution in [3.8, 4) is 22.7 Å². The highest BCUT2D eigenvalue weighted by Gasteiger charge is 2.19. The Balaban J connectivity index is 1.50. The van der Waals surface area contributed by atoms with Crippen LogP contribution in [0.5, 0.6) is 0 Å². The topological polar surface area (TPSA) is 105 Å². The van der Waals surface area contributed by atoms with E-state index in [9.17, 15) is 9.59 Å². The fraction of sp³-hybridized carbons (Fsp3) is 0.0952. The van der Waals surface area contributed by atoms with Crippen molar-refractivity contribution in [1.29, 1.82) is 0 Å². The summed E-state index contributed by atoms with van der Waals surface area (Å²) in [6.07, 6.45) is 3.27. The smallest absolute Gasteiger partial charge is 0.261 e.